The lowest BCUT2D eigenvalue weighted by Gasteiger charge is -2.23. The van der Waals surface area contributed by atoms with Crippen molar-refractivity contribution in [3.05, 3.63) is 54.0 Å². The van der Waals surface area contributed by atoms with Crippen molar-refractivity contribution in [2.75, 3.05) is 5.75 Å². The van der Waals surface area contributed by atoms with E-state index in [1.54, 1.807) is 0 Å². The molecule has 1 atom stereocenters. The van der Waals surface area contributed by atoms with Crippen LogP contribution in [0.15, 0.2) is 41.6 Å². The van der Waals surface area contributed by atoms with Gasteiger partial charge in [-0.2, -0.15) is 22.0 Å². The average molecular weight is 513 g/mol. The van der Waals surface area contributed by atoms with Crippen molar-refractivity contribution >= 4 is 9.84 Å². The third-order valence-corrected chi connectivity index (χ3v) is 6.70. The third-order valence-electron chi connectivity index (χ3n) is 4.96. The summed E-state index contributed by atoms with van der Waals surface area (Å²) < 4.78 is 132. The molecule has 0 aliphatic carbocycles. The average Bonchev–Trinajstić information content (AvgIpc) is 3.12. The molecule has 2 heterocycles. The first-order valence-corrected chi connectivity index (χ1v) is 11.0. The smallest absolute Gasteiger partial charge is 0.327 e. The van der Waals surface area contributed by atoms with E-state index in [9.17, 15) is 43.5 Å². The minimum atomic E-state index is -6.19. The van der Waals surface area contributed by atoms with Crippen molar-refractivity contribution in [3.8, 4) is 22.6 Å². The summed E-state index contributed by atoms with van der Waals surface area (Å²) in [5.74, 6) is -8.65. The molecule has 34 heavy (non-hydrogen) atoms. The first kappa shape index (κ1) is 25.6. The maximum atomic E-state index is 14.2. The Morgan fingerprint density at radius 3 is 2.06 bits per heavy atom. The van der Waals surface area contributed by atoms with Crippen molar-refractivity contribution in [2.45, 2.75) is 30.1 Å². The predicted molar refractivity (Wildman–Crippen MR) is 104 cm³/mol. The van der Waals surface area contributed by atoms with Crippen LogP contribution in [-0.4, -0.2) is 40.8 Å². The Balaban J connectivity index is 2.19. The van der Waals surface area contributed by atoms with Crippen LogP contribution >= 0.6 is 0 Å². The standard InChI is InChI=1S/C20H15F8N3O2S/c1-3-34(32,33)15-6-11(10-4-12(21)7-13(22)5-10)8-29-16(15)18-30-9-14(31(18)2)17(23)19(24,25)20(26,27)28/h4-9,17H,3H2,1-2H3. The zero-order valence-corrected chi connectivity index (χ0v) is 18.2. The fraction of sp³-hybridized carbons (Fsp3) is 0.300. The molecule has 0 saturated heterocycles. The Morgan fingerprint density at radius 2 is 1.53 bits per heavy atom. The summed E-state index contributed by atoms with van der Waals surface area (Å²) in [7, 11) is -3.22. The van der Waals surface area contributed by atoms with Crippen molar-refractivity contribution in [1.82, 2.24) is 14.5 Å². The monoisotopic (exact) mass is 513 g/mol. The van der Waals surface area contributed by atoms with E-state index in [0.29, 0.717) is 16.8 Å². The van der Waals surface area contributed by atoms with Crippen molar-refractivity contribution in [2.24, 2.45) is 7.05 Å². The number of hydrogen-bond donors (Lipinski definition) is 0. The highest BCUT2D eigenvalue weighted by atomic mass is 32.2. The van der Waals surface area contributed by atoms with Gasteiger partial charge in [-0.15, -0.1) is 0 Å². The number of imidazole rings is 1. The molecule has 3 aromatic rings. The Morgan fingerprint density at radius 1 is 0.941 bits per heavy atom. The second-order valence-corrected chi connectivity index (χ2v) is 9.43. The molecule has 0 amide bonds. The highest BCUT2D eigenvalue weighted by molar-refractivity contribution is 7.91. The molecule has 0 saturated carbocycles. The molecule has 2 aromatic heterocycles. The van der Waals surface area contributed by atoms with Gasteiger partial charge in [-0.25, -0.2) is 26.6 Å². The van der Waals surface area contributed by atoms with Crippen molar-refractivity contribution in [1.29, 1.82) is 0 Å². The summed E-state index contributed by atoms with van der Waals surface area (Å²) in [4.78, 5) is 6.97. The molecular weight excluding hydrogens is 498 g/mol. The lowest BCUT2D eigenvalue weighted by atomic mass is 10.1. The van der Waals surface area contributed by atoms with Gasteiger partial charge in [-0.1, -0.05) is 6.92 Å². The number of pyridine rings is 1. The normalized spacial score (nSPS) is 13.8. The maximum Gasteiger partial charge on any atom is 0.456 e. The Kier molecular flexibility index (Phi) is 6.50. The van der Waals surface area contributed by atoms with Gasteiger partial charge in [0.05, 0.1) is 22.5 Å². The molecule has 1 unspecified atom stereocenters. The van der Waals surface area contributed by atoms with Crippen LogP contribution in [0.3, 0.4) is 0 Å². The molecule has 0 N–H and O–H groups in total. The van der Waals surface area contributed by atoms with E-state index in [-0.39, 0.29) is 11.1 Å². The summed E-state index contributed by atoms with van der Waals surface area (Å²) in [6.07, 6.45) is -8.60. The molecule has 0 fully saturated rings. The second kappa shape index (κ2) is 8.64. The Hall–Kier alpha value is -3.03. The molecule has 0 radical (unpaired) electrons. The minimum Gasteiger partial charge on any atom is -0.327 e. The predicted octanol–water partition coefficient (Wildman–Crippen LogP) is 5.43. The fourth-order valence-corrected chi connectivity index (χ4v) is 4.15. The number of hydrogen-bond acceptors (Lipinski definition) is 4. The van der Waals surface area contributed by atoms with Crippen LogP contribution in [0.25, 0.3) is 22.6 Å². The number of aromatic nitrogens is 3. The van der Waals surface area contributed by atoms with Crippen LogP contribution in [0.1, 0.15) is 18.8 Å². The summed E-state index contributed by atoms with van der Waals surface area (Å²) in [5.41, 5.74) is -1.75. The van der Waals surface area contributed by atoms with Gasteiger partial charge in [0.15, 0.2) is 15.7 Å². The van der Waals surface area contributed by atoms with Crippen molar-refractivity contribution < 1.29 is 43.5 Å². The number of benzene rings is 1. The summed E-state index contributed by atoms with van der Waals surface area (Å²) in [6, 6.07) is 3.41. The molecular formula is C20H15F8N3O2S. The van der Waals surface area contributed by atoms with E-state index in [4.69, 9.17) is 0 Å². The molecule has 3 rings (SSSR count). The summed E-state index contributed by atoms with van der Waals surface area (Å²) in [5, 5.41) is 0. The Labute approximate surface area is 188 Å². The topological polar surface area (TPSA) is 64.8 Å². The second-order valence-electron chi connectivity index (χ2n) is 7.18. The van der Waals surface area contributed by atoms with Gasteiger partial charge in [0.1, 0.15) is 17.3 Å². The van der Waals surface area contributed by atoms with Crippen LogP contribution in [-0.2, 0) is 16.9 Å². The van der Waals surface area contributed by atoms with E-state index in [1.165, 1.54) is 6.92 Å². The largest absolute Gasteiger partial charge is 0.456 e. The third kappa shape index (κ3) is 4.50. The molecule has 14 heteroatoms. The van der Waals surface area contributed by atoms with Crippen molar-refractivity contribution in [3.63, 3.8) is 0 Å². The van der Waals surface area contributed by atoms with E-state index >= 15 is 0 Å². The molecule has 184 valence electrons. The van der Waals surface area contributed by atoms with Gasteiger partial charge in [-0.05, 0) is 23.8 Å². The summed E-state index contributed by atoms with van der Waals surface area (Å²) in [6.45, 7) is 1.26. The van der Waals surface area contributed by atoms with Crippen LogP contribution in [0.4, 0.5) is 35.1 Å². The highest BCUT2D eigenvalue weighted by Gasteiger charge is 2.64. The molecule has 0 spiro atoms. The lowest BCUT2D eigenvalue weighted by Crippen LogP contribution is -2.41. The molecule has 0 aliphatic rings. The zero-order chi connectivity index (χ0) is 25.6. The van der Waals surface area contributed by atoms with Gasteiger partial charge >= 0.3 is 12.1 Å². The van der Waals surface area contributed by atoms with E-state index < -0.39 is 67.6 Å². The van der Waals surface area contributed by atoms with E-state index in [1.807, 2.05) is 0 Å². The van der Waals surface area contributed by atoms with Crippen LogP contribution < -0.4 is 0 Å². The van der Waals surface area contributed by atoms with Crippen LogP contribution in [0, 0.1) is 11.6 Å². The van der Waals surface area contributed by atoms with E-state index in [0.717, 1.165) is 31.4 Å². The number of nitrogens with zero attached hydrogens (tertiary/aromatic N) is 3. The van der Waals surface area contributed by atoms with Gasteiger partial charge in [0.2, 0.25) is 6.17 Å². The minimum absolute atomic E-state index is 0.0319. The number of sulfone groups is 1. The number of halogens is 8. The summed E-state index contributed by atoms with van der Waals surface area (Å²) >= 11 is 0. The van der Waals surface area contributed by atoms with Crippen LogP contribution in [0.5, 0.6) is 0 Å². The number of rotatable bonds is 6. The Bertz CT molecular complexity index is 1320. The zero-order valence-electron chi connectivity index (χ0n) is 17.3. The first-order valence-electron chi connectivity index (χ1n) is 9.40. The SMILES string of the molecule is CCS(=O)(=O)c1cc(-c2cc(F)cc(F)c2)cnc1-c1ncc(C(F)C(F)(F)C(F)(F)F)n1C. The molecule has 5 nitrogen and oxygen atoms in total. The van der Waals surface area contributed by atoms with Gasteiger partial charge in [-0.3, -0.25) is 4.98 Å². The highest BCUT2D eigenvalue weighted by Crippen LogP contribution is 2.47. The quantitative estimate of drug-likeness (QED) is 0.413. The molecule has 0 aliphatic heterocycles. The van der Waals surface area contributed by atoms with Gasteiger partial charge in [0, 0.05) is 24.9 Å². The molecule has 0 bridgehead atoms. The number of alkyl halides is 6. The van der Waals surface area contributed by atoms with Crippen LogP contribution in [0.2, 0.25) is 0 Å². The fourth-order valence-electron chi connectivity index (χ4n) is 3.09. The lowest BCUT2D eigenvalue weighted by molar-refractivity contribution is -0.305. The van der Waals surface area contributed by atoms with Gasteiger partial charge < -0.3 is 4.57 Å². The maximum absolute atomic E-state index is 14.2. The first-order chi connectivity index (χ1) is 15.6. The van der Waals surface area contributed by atoms with E-state index in [2.05, 4.69) is 9.97 Å². The molecule has 1 aromatic carbocycles. The van der Waals surface area contributed by atoms with Gasteiger partial charge in [0.25, 0.3) is 0 Å².